The lowest BCUT2D eigenvalue weighted by Gasteiger charge is -2.31. The van der Waals surface area contributed by atoms with Crippen molar-refractivity contribution in [2.75, 3.05) is 25.4 Å². The molecule has 4 aromatic rings. The second kappa shape index (κ2) is 10.7. The number of aromatic nitrogens is 7. The lowest BCUT2D eigenvalue weighted by molar-refractivity contribution is -0.140. The van der Waals surface area contributed by atoms with Crippen LogP contribution in [0, 0.1) is 5.92 Å². The first-order valence-electron chi connectivity index (χ1n) is 14.0. The molecule has 1 aliphatic heterocycles. The molecule has 0 aromatic carbocycles. The topological polar surface area (TPSA) is 188 Å². The number of hydrogen-bond donors (Lipinski definition) is 2. The number of carbonyl (C=O) groups is 2. The van der Waals surface area contributed by atoms with Crippen LogP contribution in [0.15, 0.2) is 23.2 Å². The number of carbonyl (C=O) groups excluding carboxylic acids is 1. The van der Waals surface area contributed by atoms with Crippen LogP contribution in [-0.4, -0.2) is 76.6 Å². The molecule has 1 saturated heterocycles. The molecule has 14 heteroatoms. The van der Waals surface area contributed by atoms with Crippen LogP contribution in [-0.2, 0) is 21.5 Å². The Morgan fingerprint density at radius 2 is 1.79 bits per heavy atom. The molecule has 42 heavy (non-hydrogen) atoms. The van der Waals surface area contributed by atoms with Crippen molar-refractivity contribution in [3.63, 3.8) is 0 Å². The van der Waals surface area contributed by atoms with Gasteiger partial charge < -0.3 is 25.0 Å². The Morgan fingerprint density at radius 1 is 1.07 bits per heavy atom. The molecule has 0 spiro atoms. The molecule has 1 saturated carbocycles. The van der Waals surface area contributed by atoms with E-state index >= 15 is 0 Å². The Labute approximate surface area is 241 Å². The summed E-state index contributed by atoms with van der Waals surface area (Å²) in [5.41, 5.74) is 9.32. The van der Waals surface area contributed by atoms with Gasteiger partial charge >= 0.3 is 12.1 Å². The maximum absolute atomic E-state index is 12.1. The van der Waals surface area contributed by atoms with Crippen LogP contribution in [0.2, 0.25) is 0 Å². The molecular weight excluding hydrogens is 542 g/mol. The van der Waals surface area contributed by atoms with Crippen molar-refractivity contribution >= 4 is 28.9 Å². The number of rotatable bonds is 7. The molecule has 220 valence electrons. The first-order valence-corrected chi connectivity index (χ1v) is 14.0. The zero-order chi connectivity index (χ0) is 29.6. The number of fused-ring (bicyclic) bond motifs is 1. The third-order valence-electron chi connectivity index (χ3n) is 7.67. The van der Waals surface area contributed by atoms with Gasteiger partial charge in [-0.2, -0.15) is 5.10 Å². The van der Waals surface area contributed by atoms with Gasteiger partial charge in [0.1, 0.15) is 23.5 Å². The van der Waals surface area contributed by atoms with Gasteiger partial charge in [0.2, 0.25) is 0 Å². The van der Waals surface area contributed by atoms with Crippen LogP contribution in [0.4, 0.5) is 10.6 Å². The SMILES string of the molecule is CC(C)(C)n1nc(-c2noc(C3CC3)c2-c2ncc(CC3CCN(C(=O)OCC(=O)O)CC3)cn2)c2c(N)ncnc21. The van der Waals surface area contributed by atoms with E-state index in [1.54, 1.807) is 4.90 Å². The normalized spacial score (nSPS) is 16.2. The van der Waals surface area contributed by atoms with Gasteiger partial charge in [-0.05, 0) is 64.4 Å². The van der Waals surface area contributed by atoms with E-state index in [0.29, 0.717) is 58.6 Å². The summed E-state index contributed by atoms with van der Waals surface area (Å²) in [7, 11) is 0. The smallest absolute Gasteiger partial charge is 0.410 e. The molecule has 14 nitrogen and oxygen atoms in total. The van der Waals surface area contributed by atoms with E-state index in [1.807, 2.05) is 37.8 Å². The number of carboxylic acid groups (broad SMARTS) is 1. The molecule has 0 unspecified atom stereocenters. The van der Waals surface area contributed by atoms with Crippen molar-refractivity contribution < 1.29 is 24.0 Å². The highest BCUT2D eigenvalue weighted by Gasteiger charge is 2.36. The Hall–Kier alpha value is -4.62. The minimum Gasteiger partial charge on any atom is -0.479 e. The van der Waals surface area contributed by atoms with Crippen molar-refractivity contribution in [1.82, 2.24) is 39.8 Å². The molecule has 1 aliphatic carbocycles. The zero-order valence-corrected chi connectivity index (χ0v) is 23.8. The minimum absolute atomic E-state index is 0.251. The van der Waals surface area contributed by atoms with Crippen LogP contribution in [0.1, 0.15) is 63.7 Å². The number of nitrogens with two attached hydrogens (primary N) is 1. The summed E-state index contributed by atoms with van der Waals surface area (Å²) in [6, 6.07) is 0. The maximum Gasteiger partial charge on any atom is 0.410 e. The van der Waals surface area contributed by atoms with Crippen molar-refractivity contribution in [2.24, 2.45) is 5.92 Å². The highest BCUT2D eigenvalue weighted by Crippen LogP contribution is 2.48. The van der Waals surface area contributed by atoms with E-state index in [0.717, 1.165) is 43.4 Å². The van der Waals surface area contributed by atoms with Gasteiger partial charge in [-0.3, -0.25) is 0 Å². The quantitative estimate of drug-likeness (QED) is 0.326. The van der Waals surface area contributed by atoms with Gasteiger partial charge in [0, 0.05) is 31.4 Å². The van der Waals surface area contributed by atoms with Gasteiger partial charge in [-0.1, -0.05) is 5.16 Å². The van der Waals surface area contributed by atoms with Gasteiger partial charge in [0.25, 0.3) is 0 Å². The fourth-order valence-corrected chi connectivity index (χ4v) is 5.37. The summed E-state index contributed by atoms with van der Waals surface area (Å²) in [5.74, 6) is 0.976. The minimum atomic E-state index is -1.17. The Kier molecular flexibility index (Phi) is 6.99. The molecule has 3 N–H and O–H groups in total. The Morgan fingerprint density at radius 3 is 2.43 bits per heavy atom. The number of amides is 1. The number of piperidine rings is 1. The van der Waals surface area contributed by atoms with Crippen LogP contribution < -0.4 is 5.73 Å². The predicted molar refractivity (Wildman–Crippen MR) is 150 cm³/mol. The molecule has 0 radical (unpaired) electrons. The highest BCUT2D eigenvalue weighted by molar-refractivity contribution is 6.00. The molecule has 2 aliphatic rings. The second-order valence-corrected chi connectivity index (χ2v) is 11.9. The molecule has 2 fully saturated rings. The summed E-state index contributed by atoms with van der Waals surface area (Å²) >= 11 is 0. The van der Waals surface area contributed by atoms with E-state index in [4.69, 9.17) is 35.2 Å². The third kappa shape index (κ3) is 5.35. The zero-order valence-electron chi connectivity index (χ0n) is 23.8. The van der Waals surface area contributed by atoms with Crippen molar-refractivity contribution in [2.45, 2.75) is 64.3 Å². The standard InChI is InChI=1S/C28H33N9O5/c1-28(2,3)37-26-20(24(29)32-14-33-26)21(34-37)22-19(23(42-35-22)17-4-5-17)25-30-11-16(12-31-25)10-15-6-8-36(9-7-15)27(40)41-13-18(38)39/h11-12,14-15,17H,4-10,13H2,1-3H3,(H,38,39)(H2,29,32,33). The van der Waals surface area contributed by atoms with E-state index in [1.165, 1.54) is 6.33 Å². The first-order chi connectivity index (χ1) is 20.1. The Balaban J connectivity index is 1.25. The number of nitrogens with zero attached hydrogens (tertiary/aromatic N) is 8. The average molecular weight is 576 g/mol. The predicted octanol–water partition coefficient (Wildman–Crippen LogP) is 3.63. The van der Waals surface area contributed by atoms with Gasteiger partial charge in [0.05, 0.1) is 16.5 Å². The molecular formula is C28H33N9O5. The summed E-state index contributed by atoms with van der Waals surface area (Å²) in [6.07, 6.45) is 8.82. The molecule has 0 bridgehead atoms. The summed E-state index contributed by atoms with van der Waals surface area (Å²) < 4.78 is 12.5. The number of hydrogen-bond acceptors (Lipinski definition) is 11. The lowest BCUT2D eigenvalue weighted by Crippen LogP contribution is -2.39. The molecule has 1 amide bonds. The second-order valence-electron chi connectivity index (χ2n) is 11.9. The maximum atomic E-state index is 12.1. The highest BCUT2D eigenvalue weighted by atomic mass is 16.6. The van der Waals surface area contributed by atoms with E-state index in [-0.39, 0.29) is 11.5 Å². The van der Waals surface area contributed by atoms with E-state index in [2.05, 4.69) is 15.1 Å². The van der Waals surface area contributed by atoms with Gasteiger partial charge in [0.15, 0.2) is 23.8 Å². The largest absolute Gasteiger partial charge is 0.479 e. The fourth-order valence-electron chi connectivity index (χ4n) is 5.37. The number of carboxylic acids is 1. The molecule has 5 heterocycles. The summed E-state index contributed by atoms with van der Waals surface area (Å²) in [6.45, 7) is 6.51. The van der Waals surface area contributed by atoms with Gasteiger partial charge in [-0.25, -0.2) is 34.2 Å². The van der Waals surface area contributed by atoms with E-state index in [9.17, 15) is 9.59 Å². The van der Waals surface area contributed by atoms with Crippen LogP contribution in [0.3, 0.4) is 0 Å². The summed E-state index contributed by atoms with van der Waals surface area (Å²) in [4.78, 5) is 42.4. The average Bonchev–Trinajstić information content (AvgIpc) is 3.57. The van der Waals surface area contributed by atoms with Crippen molar-refractivity contribution in [1.29, 1.82) is 0 Å². The number of aliphatic carboxylic acids is 1. The third-order valence-corrected chi connectivity index (χ3v) is 7.67. The molecule has 4 aromatic heterocycles. The Bertz CT molecular complexity index is 1630. The van der Waals surface area contributed by atoms with Crippen LogP contribution >= 0.6 is 0 Å². The molecule has 0 atom stereocenters. The lowest BCUT2D eigenvalue weighted by atomic mass is 9.91. The first kappa shape index (κ1) is 27.5. The molecule has 6 rings (SSSR count). The van der Waals surface area contributed by atoms with Crippen LogP contribution in [0.5, 0.6) is 0 Å². The number of likely N-dealkylation sites (tertiary alicyclic amines) is 1. The number of anilines is 1. The summed E-state index contributed by atoms with van der Waals surface area (Å²) in [5, 5.41) is 18.7. The van der Waals surface area contributed by atoms with E-state index < -0.39 is 18.7 Å². The number of nitrogen functional groups attached to an aromatic ring is 1. The van der Waals surface area contributed by atoms with Crippen molar-refractivity contribution in [3.8, 4) is 22.8 Å². The van der Waals surface area contributed by atoms with Gasteiger partial charge in [-0.15, -0.1) is 0 Å². The monoisotopic (exact) mass is 575 g/mol. The number of ether oxygens (including phenoxy) is 1. The van der Waals surface area contributed by atoms with Crippen LogP contribution in [0.25, 0.3) is 33.8 Å². The fraction of sp³-hybridized carbons (Fsp3) is 0.500. The van der Waals surface area contributed by atoms with Crippen molar-refractivity contribution in [3.05, 3.63) is 30.0 Å².